The van der Waals surface area contributed by atoms with Gasteiger partial charge in [0, 0.05) is 18.9 Å². The second-order valence-corrected chi connectivity index (χ2v) is 10.8. The van der Waals surface area contributed by atoms with Gasteiger partial charge in [-0.25, -0.2) is 9.78 Å². The lowest BCUT2D eigenvalue weighted by Crippen LogP contribution is -2.45. The molecule has 2 aromatic heterocycles. The van der Waals surface area contributed by atoms with Crippen LogP contribution >= 0.6 is 11.6 Å². The highest BCUT2D eigenvalue weighted by Gasteiger charge is 2.51. The molecule has 0 aliphatic heterocycles. The van der Waals surface area contributed by atoms with Gasteiger partial charge < -0.3 is 25.0 Å². The Labute approximate surface area is 248 Å². The number of nitrogens with zero attached hydrogens (tertiary/aromatic N) is 4. The maximum atomic E-state index is 13.1. The molecule has 1 amide bonds. The van der Waals surface area contributed by atoms with Gasteiger partial charge >= 0.3 is 12.1 Å². The molecule has 4 atom stereocenters. The molecule has 0 unspecified atom stereocenters. The number of fused-ring (bicyclic) bond motifs is 4. The molecule has 2 aliphatic carbocycles. The van der Waals surface area contributed by atoms with E-state index in [1.807, 2.05) is 24.3 Å². The molecular weight excluding hydrogens is 589 g/mol. The molecular formula is C29H26ClF3N6O4. The van der Waals surface area contributed by atoms with Crippen LogP contribution in [0.2, 0.25) is 5.28 Å². The van der Waals surface area contributed by atoms with Crippen molar-refractivity contribution >= 4 is 40.5 Å². The molecule has 2 aliphatic rings. The van der Waals surface area contributed by atoms with E-state index in [0.717, 1.165) is 22.3 Å². The fourth-order valence-electron chi connectivity index (χ4n) is 5.99. The van der Waals surface area contributed by atoms with E-state index >= 15 is 0 Å². The number of aliphatic hydroxyl groups is 1. The summed E-state index contributed by atoms with van der Waals surface area (Å²) in [6.07, 6.45) is -7.23. The van der Waals surface area contributed by atoms with Crippen molar-refractivity contribution in [1.82, 2.24) is 24.8 Å². The van der Waals surface area contributed by atoms with Gasteiger partial charge in [-0.1, -0.05) is 55.5 Å². The number of esters is 1. The van der Waals surface area contributed by atoms with E-state index in [2.05, 4.69) is 49.9 Å². The fraction of sp³-hybridized carbons (Fsp3) is 0.345. The van der Waals surface area contributed by atoms with Gasteiger partial charge in [0.2, 0.25) is 11.2 Å². The van der Waals surface area contributed by atoms with E-state index < -0.39 is 42.3 Å². The summed E-state index contributed by atoms with van der Waals surface area (Å²) >= 11 is 6.30. The summed E-state index contributed by atoms with van der Waals surface area (Å²) in [5, 5.41) is 16.6. The zero-order valence-corrected chi connectivity index (χ0v) is 23.4. The second-order valence-electron chi connectivity index (χ2n) is 10.5. The van der Waals surface area contributed by atoms with Gasteiger partial charge in [-0.2, -0.15) is 23.1 Å². The van der Waals surface area contributed by atoms with Gasteiger partial charge in [0.05, 0.1) is 18.4 Å². The Bertz CT molecular complexity index is 1670. The number of alkyl halides is 3. The largest absolute Gasteiger partial charge is 0.490 e. The first-order chi connectivity index (χ1) is 20.6. The topological polar surface area (TPSA) is 131 Å². The predicted molar refractivity (Wildman–Crippen MR) is 150 cm³/mol. The number of benzene rings is 2. The van der Waals surface area contributed by atoms with Gasteiger partial charge in [-0.15, -0.1) is 0 Å². The third-order valence-electron chi connectivity index (χ3n) is 7.95. The number of amides is 1. The standard InChI is InChI=1S/C29H26ClF3N6O4/c1-2-21(40)36-19-11-20(24(23(19)41)43-27(42)29(31,32)33)39-13-35-22-25(37-28(30)38-26(22)39)34-12-18-16-9-5-3-7-14(16)15-8-4-6-10-17(15)18/h3-10,13,18-20,23-24,41H,2,11-12H2,1H3,(H,36,40)(H,34,37,38)/t19-,20+,23+,24-/m0/s1. The van der Waals surface area contributed by atoms with Crippen LogP contribution in [0.4, 0.5) is 19.0 Å². The van der Waals surface area contributed by atoms with Crippen molar-refractivity contribution in [3.8, 4) is 11.1 Å². The van der Waals surface area contributed by atoms with Gasteiger partial charge in [0.15, 0.2) is 23.1 Å². The molecule has 1 saturated carbocycles. The van der Waals surface area contributed by atoms with Crippen LogP contribution in [0.1, 0.15) is 42.9 Å². The van der Waals surface area contributed by atoms with Gasteiger partial charge in [-0.05, 0) is 40.3 Å². The quantitative estimate of drug-likeness (QED) is 0.207. The fourth-order valence-corrected chi connectivity index (χ4v) is 6.15. The maximum Gasteiger partial charge on any atom is 0.490 e. The molecule has 3 N–H and O–H groups in total. The maximum absolute atomic E-state index is 13.1. The molecule has 4 aromatic rings. The number of hydrogen-bond acceptors (Lipinski definition) is 8. The molecule has 14 heteroatoms. The number of aliphatic hydroxyl groups excluding tert-OH is 1. The summed E-state index contributed by atoms with van der Waals surface area (Å²) in [4.78, 5) is 36.9. The Morgan fingerprint density at radius 1 is 1.09 bits per heavy atom. The molecule has 43 heavy (non-hydrogen) atoms. The third-order valence-corrected chi connectivity index (χ3v) is 8.12. The second kappa shape index (κ2) is 11.1. The van der Waals surface area contributed by atoms with Gasteiger partial charge in [0.25, 0.3) is 0 Å². The number of aromatic nitrogens is 4. The number of halogens is 4. The van der Waals surface area contributed by atoms with Crippen molar-refractivity contribution in [1.29, 1.82) is 0 Å². The summed E-state index contributed by atoms with van der Waals surface area (Å²) in [5.41, 5.74) is 5.01. The molecule has 0 bridgehead atoms. The molecule has 10 nitrogen and oxygen atoms in total. The van der Waals surface area contributed by atoms with Crippen LogP contribution in [0.5, 0.6) is 0 Å². The van der Waals surface area contributed by atoms with E-state index in [4.69, 9.17) is 16.3 Å². The summed E-state index contributed by atoms with van der Waals surface area (Å²) in [7, 11) is 0. The Morgan fingerprint density at radius 3 is 2.37 bits per heavy atom. The van der Waals surface area contributed by atoms with Crippen LogP contribution in [0, 0.1) is 0 Å². The number of carbonyl (C=O) groups is 2. The lowest BCUT2D eigenvalue weighted by Gasteiger charge is -2.24. The molecule has 0 saturated heterocycles. The lowest BCUT2D eigenvalue weighted by molar-refractivity contribution is -0.209. The summed E-state index contributed by atoms with van der Waals surface area (Å²) < 4.78 is 45.5. The number of carbonyl (C=O) groups excluding carboxylic acids is 2. The van der Waals surface area contributed by atoms with Crippen LogP contribution < -0.4 is 10.6 Å². The third kappa shape index (κ3) is 5.27. The molecule has 6 rings (SSSR count). The van der Waals surface area contributed by atoms with E-state index in [1.165, 1.54) is 10.9 Å². The molecule has 0 radical (unpaired) electrons. The van der Waals surface area contributed by atoms with Crippen molar-refractivity contribution in [2.75, 3.05) is 11.9 Å². The average molecular weight is 615 g/mol. The predicted octanol–water partition coefficient (Wildman–Crippen LogP) is 4.38. The van der Waals surface area contributed by atoms with Crippen molar-refractivity contribution < 1.29 is 32.6 Å². The zero-order chi connectivity index (χ0) is 30.5. The number of anilines is 1. The van der Waals surface area contributed by atoms with Crippen molar-refractivity contribution in [2.24, 2.45) is 0 Å². The molecule has 2 heterocycles. The number of ether oxygens (including phenoxy) is 1. The SMILES string of the molecule is CCC(=O)N[C@H]1C[C@@H](n2cnc3c(NCC4c5ccccc5-c5ccccc54)nc(Cl)nc32)[C@H](OC(=O)C(F)(F)F)[C@@H]1O. The van der Waals surface area contributed by atoms with Crippen LogP contribution in [-0.4, -0.2) is 67.5 Å². The first-order valence-electron chi connectivity index (χ1n) is 13.6. The van der Waals surface area contributed by atoms with E-state index in [1.54, 1.807) is 6.92 Å². The smallest absolute Gasteiger partial charge is 0.451 e. The van der Waals surface area contributed by atoms with E-state index in [-0.39, 0.29) is 35.2 Å². The minimum Gasteiger partial charge on any atom is -0.451 e. The van der Waals surface area contributed by atoms with Crippen molar-refractivity contribution in [3.05, 3.63) is 71.3 Å². The van der Waals surface area contributed by atoms with Crippen molar-refractivity contribution in [2.45, 2.75) is 56.2 Å². The molecule has 2 aromatic carbocycles. The molecule has 0 spiro atoms. The Morgan fingerprint density at radius 2 is 1.74 bits per heavy atom. The summed E-state index contributed by atoms with van der Waals surface area (Å²) in [6, 6.07) is 14.2. The summed E-state index contributed by atoms with van der Waals surface area (Å²) in [6.45, 7) is 2.03. The minimum absolute atomic E-state index is 0.00245. The number of hydrogen-bond donors (Lipinski definition) is 3. The van der Waals surface area contributed by atoms with Crippen LogP contribution in [-0.2, 0) is 14.3 Å². The number of nitrogens with one attached hydrogen (secondary N) is 2. The van der Waals surface area contributed by atoms with Gasteiger partial charge in [0.1, 0.15) is 6.10 Å². The lowest BCUT2D eigenvalue weighted by atomic mass is 9.97. The Hall–Kier alpha value is -4.23. The van der Waals surface area contributed by atoms with Crippen LogP contribution in [0.3, 0.4) is 0 Å². The van der Waals surface area contributed by atoms with Crippen molar-refractivity contribution in [3.63, 3.8) is 0 Å². The highest BCUT2D eigenvalue weighted by Crippen LogP contribution is 2.44. The minimum atomic E-state index is -5.29. The highest BCUT2D eigenvalue weighted by atomic mass is 35.5. The number of imidazole rings is 1. The normalized spacial score (nSPS) is 21.4. The first-order valence-corrected chi connectivity index (χ1v) is 14.0. The van der Waals surface area contributed by atoms with Gasteiger partial charge in [-0.3, -0.25) is 4.79 Å². The first kappa shape index (κ1) is 28.9. The zero-order valence-electron chi connectivity index (χ0n) is 22.7. The van der Waals surface area contributed by atoms with E-state index in [9.17, 15) is 27.9 Å². The molecule has 1 fully saturated rings. The molecule has 224 valence electrons. The average Bonchev–Trinajstić information content (AvgIpc) is 3.63. The Balaban J connectivity index is 1.32. The Kier molecular flexibility index (Phi) is 7.46. The van der Waals surface area contributed by atoms with Crippen LogP contribution in [0.25, 0.3) is 22.3 Å². The highest BCUT2D eigenvalue weighted by molar-refractivity contribution is 6.28. The van der Waals surface area contributed by atoms with E-state index in [0.29, 0.717) is 12.4 Å². The monoisotopic (exact) mass is 614 g/mol. The number of rotatable bonds is 7. The van der Waals surface area contributed by atoms with Crippen LogP contribution in [0.15, 0.2) is 54.9 Å². The summed E-state index contributed by atoms with van der Waals surface area (Å²) in [5.74, 6) is -2.58.